The summed E-state index contributed by atoms with van der Waals surface area (Å²) < 4.78 is 37.5. The number of alkyl halides is 3. The number of benzene rings is 1. The molecule has 20 heavy (non-hydrogen) atoms. The molecule has 1 aromatic rings. The van der Waals surface area contributed by atoms with Crippen LogP contribution in [0.4, 0.5) is 13.2 Å². The maximum absolute atomic E-state index is 12.5. The van der Waals surface area contributed by atoms with E-state index in [0.717, 1.165) is 37.9 Å². The Morgan fingerprint density at radius 1 is 1.20 bits per heavy atom. The van der Waals surface area contributed by atoms with Gasteiger partial charge in [0.05, 0.1) is 5.56 Å². The SMILES string of the molecule is NCCCC1CCCN1Cc1ccc(C(F)(F)F)cc1. The Kier molecular flexibility index (Phi) is 5.05. The Hall–Kier alpha value is -1.07. The Bertz CT molecular complexity index is 414. The third-order valence-corrected chi connectivity index (χ3v) is 3.91. The van der Waals surface area contributed by atoms with E-state index in [9.17, 15) is 13.2 Å². The van der Waals surface area contributed by atoms with Gasteiger partial charge in [0.25, 0.3) is 0 Å². The van der Waals surface area contributed by atoms with Gasteiger partial charge in [0.2, 0.25) is 0 Å². The van der Waals surface area contributed by atoms with Crippen LogP contribution in [-0.2, 0) is 12.7 Å². The van der Waals surface area contributed by atoms with Crippen molar-refractivity contribution in [2.24, 2.45) is 5.73 Å². The molecule has 0 aliphatic carbocycles. The summed E-state index contributed by atoms with van der Waals surface area (Å²) in [6, 6.07) is 6.03. The van der Waals surface area contributed by atoms with E-state index in [1.807, 2.05) is 0 Å². The zero-order chi connectivity index (χ0) is 14.6. The van der Waals surface area contributed by atoms with Crippen LogP contribution < -0.4 is 5.73 Å². The molecule has 5 heteroatoms. The van der Waals surface area contributed by atoms with Gasteiger partial charge in [-0.25, -0.2) is 0 Å². The lowest BCUT2D eigenvalue weighted by Crippen LogP contribution is -2.29. The van der Waals surface area contributed by atoms with Gasteiger partial charge in [-0.15, -0.1) is 0 Å². The summed E-state index contributed by atoms with van der Waals surface area (Å²) in [5, 5.41) is 0. The fraction of sp³-hybridized carbons (Fsp3) is 0.600. The smallest absolute Gasteiger partial charge is 0.330 e. The van der Waals surface area contributed by atoms with Crippen LogP contribution in [0.25, 0.3) is 0 Å². The van der Waals surface area contributed by atoms with Gasteiger partial charge in [-0.1, -0.05) is 12.1 Å². The summed E-state index contributed by atoms with van der Waals surface area (Å²) in [5.41, 5.74) is 5.90. The number of nitrogens with two attached hydrogens (primary N) is 1. The number of rotatable bonds is 5. The zero-order valence-electron chi connectivity index (χ0n) is 11.5. The Morgan fingerprint density at radius 3 is 2.50 bits per heavy atom. The first-order valence-corrected chi connectivity index (χ1v) is 7.11. The molecule has 2 nitrogen and oxygen atoms in total. The molecule has 0 bridgehead atoms. The summed E-state index contributed by atoms with van der Waals surface area (Å²) in [6.45, 7) is 2.45. The van der Waals surface area contributed by atoms with E-state index in [-0.39, 0.29) is 0 Å². The standard InChI is InChI=1S/C15H21F3N2/c16-15(17,18)13-7-5-12(6-8-13)11-20-10-2-4-14(20)3-1-9-19/h5-8,14H,1-4,9-11,19H2. The Morgan fingerprint density at radius 2 is 1.90 bits per heavy atom. The van der Waals surface area contributed by atoms with E-state index < -0.39 is 11.7 Å². The summed E-state index contributed by atoms with van der Waals surface area (Å²) in [5.74, 6) is 0. The minimum Gasteiger partial charge on any atom is -0.330 e. The Labute approximate surface area is 117 Å². The monoisotopic (exact) mass is 286 g/mol. The normalized spacial score (nSPS) is 20.5. The molecule has 112 valence electrons. The zero-order valence-corrected chi connectivity index (χ0v) is 11.5. The molecule has 1 aliphatic rings. The number of halogens is 3. The van der Waals surface area contributed by atoms with Gasteiger partial charge in [0.1, 0.15) is 0 Å². The minimum absolute atomic E-state index is 0.529. The van der Waals surface area contributed by atoms with Crippen molar-refractivity contribution < 1.29 is 13.2 Å². The van der Waals surface area contributed by atoms with Crippen molar-refractivity contribution in [1.29, 1.82) is 0 Å². The first-order valence-electron chi connectivity index (χ1n) is 7.11. The quantitative estimate of drug-likeness (QED) is 0.898. The predicted octanol–water partition coefficient (Wildman–Crippen LogP) is 3.41. The van der Waals surface area contributed by atoms with Gasteiger partial charge in [0.15, 0.2) is 0 Å². The lowest BCUT2D eigenvalue weighted by Gasteiger charge is -2.24. The van der Waals surface area contributed by atoms with Crippen molar-refractivity contribution in [1.82, 2.24) is 4.90 Å². The van der Waals surface area contributed by atoms with Crippen LogP contribution in [0.5, 0.6) is 0 Å². The predicted molar refractivity (Wildman–Crippen MR) is 73.2 cm³/mol. The molecule has 1 heterocycles. The molecule has 1 fully saturated rings. The number of hydrogen-bond donors (Lipinski definition) is 1. The van der Waals surface area contributed by atoms with Crippen molar-refractivity contribution in [3.63, 3.8) is 0 Å². The van der Waals surface area contributed by atoms with Gasteiger partial charge in [0, 0.05) is 12.6 Å². The van der Waals surface area contributed by atoms with E-state index >= 15 is 0 Å². The van der Waals surface area contributed by atoms with Crippen molar-refractivity contribution in [2.45, 2.75) is 44.4 Å². The van der Waals surface area contributed by atoms with Crippen LogP contribution in [0.15, 0.2) is 24.3 Å². The summed E-state index contributed by atoms with van der Waals surface area (Å²) in [4.78, 5) is 2.36. The molecule has 2 rings (SSSR count). The van der Waals surface area contributed by atoms with E-state index in [2.05, 4.69) is 4.90 Å². The molecule has 2 N–H and O–H groups in total. The van der Waals surface area contributed by atoms with Gasteiger partial charge >= 0.3 is 6.18 Å². The van der Waals surface area contributed by atoms with Gasteiger partial charge in [-0.05, 0) is 56.5 Å². The Balaban J connectivity index is 1.95. The molecular weight excluding hydrogens is 265 g/mol. The third kappa shape index (κ3) is 3.96. The maximum atomic E-state index is 12.5. The third-order valence-electron chi connectivity index (χ3n) is 3.91. The van der Waals surface area contributed by atoms with Crippen LogP contribution in [0.3, 0.4) is 0 Å². The molecular formula is C15H21F3N2. The van der Waals surface area contributed by atoms with Gasteiger partial charge in [-0.3, -0.25) is 4.90 Å². The first-order chi connectivity index (χ1) is 9.50. The van der Waals surface area contributed by atoms with Crippen molar-refractivity contribution in [2.75, 3.05) is 13.1 Å². The molecule has 0 aromatic heterocycles. The van der Waals surface area contributed by atoms with Crippen LogP contribution in [0.2, 0.25) is 0 Å². The van der Waals surface area contributed by atoms with Crippen molar-refractivity contribution in [3.8, 4) is 0 Å². The number of nitrogens with zero attached hydrogens (tertiary/aromatic N) is 1. The van der Waals surface area contributed by atoms with Crippen LogP contribution in [0, 0.1) is 0 Å². The summed E-state index contributed by atoms with van der Waals surface area (Å²) >= 11 is 0. The van der Waals surface area contributed by atoms with Crippen LogP contribution >= 0.6 is 0 Å². The second-order valence-electron chi connectivity index (χ2n) is 5.39. The molecule has 0 radical (unpaired) electrons. The maximum Gasteiger partial charge on any atom is 0.416 e. The van der Waals surface area contributed by atoms with E-state index in [0.29, 0.717) is 12.6 Å². The summed E-state index contributed by atoms with van der Waals surface area (Å²) in [6.07, 6.45) is 0.164. The lowest BCUT2D eigenvalue weighted by atomic mass is 10.1. The van der Waals surface area contributed by atoms with E-state index in [1.54, 1.807) is 12.1 Å². The lowest BCUT2D eigenvalue weighted by molar-refractivity contribution is -0.137. The molecule has 1 unspecified atom stereocenters. The molecule has 1 saturated heterocycles. The second-order valence-corrected chi connectivity index (χ2v) is 5.39. The minimum atomic E-state index is -4.25. The fourth-order valence-electron chi connectivity index (χ4n) is 2.82. The molecule has 0 spiro atoms. The highest BCUT2D eigenvalue weighted by molar-refractivity contribution is 5.24. The second kappa shape index (κ2) is 6.59. The molecule has 0 saturated carbocycles. The average molecular weight is 286 g/mol. The largest absolute Gasteiger partial charge is 0.416 e. The highest BCUT2D eigenvalue weighted by Crippen LogP contribution is 2.30. The van der Waals surface area contributed by atoms with Gasteiger partial charge in [-0.2, -0.15) is 13.2 Å². The molecule has 0 amide bonds. The van der Waals surface area contributed by atoms with E-state index in [4.69, 9.17) is 5.73 Å². The van der Waals surface area contributed by atoms with E-state index in [1.165, 1.54) is 18.6 Å². The number of hydrogen-bond acceptors (Lipinski definition) is 2. The average Bonchev–Trinajstić information content (AvgIpc) is 2.83. The summed E-state index contributed by atoms with van der Waals surface area (Å²) in [7, 11) is 0. The van der Waals surface area contributed by atoms with Crippen LogP contribution in [0.1, 0.15) is 36.8 Å². The first kappa shape index (κ1) is 15.3. The highest BCUT2D eigenvalue weighted by Gasteiger charge is 2.30. The molecule has 1 aliphatic heterocycles. The molecule has 1 aromatic carbocycles. The van der Waals surface area contributed by atoms with Gasteiger partial charge < -0.3 is 5.73 Å². The highest BCUT2D eigenvalue weighted by atomic mass is 19.4. The number of likely N-dealkylation sites (tertiary alicyclic amines) is 1. The molecule has 1 atom stereocenters. The fourth-order valence-corrected chi connectivity index (χ4v) is 2.82. The van der Waals surface area contributed by atoms with Crippen molar-refractivity contribution >= 4 is 0 Å². The topological polar surface area (TPSA) is 29.3 Å². The van der Waals surface area contributed by atoms with Crippen LogP contribution in [-0.4, -0.2) is 24.0 Å². The van der Waals surface area contributed by atoms with Crippen molar-refractivity contribution in [3.05, 3.63) is 35.4 Å².